The number of ether oxygens (including phenoxy) is 1. The van der Waals surface area contributed by atoms with Crippen LogP contribution in [0.4, 0.5) is 0 Å². The molecule has 0 amide bonds. The van der Waals surface area contributed by atoms with Gasteiger partial charge in [0.15, 0.2) is 0 Å². The highest BCUT2D eigenvalue weighted by Gasteiger charge is 2.15. The lowest BCUT2D eigenvalue weighted by Gasteiger charge is -2.23. The van der Waals surface area contributed by atoms with Crippen molar-refractivity contribution in [3.63, 3.8) is 0 Å². The van der Waals surface area contributed by atoms with Gasteiger partial charge in [-0.25, -0.2) is 9.97 Å². The number of imidazole rings is 1. The normalized spacial score (nSPS) is 16.0. The van der Waals surface area contributed by atoms with E-state index >= 15 is 0 Å². The summed E-state index contributed by atoms with van der Waals surface area (Å²) < 4.78 is 7.48. The number of hydrogen-bond acceptors (Lipinski definition) is 4. The molecule has 1 fully saturated rings. The van der Waals surface area contributed by atoms with Gasteiger partial charge in [-0.05, 0) is 31.0 Å². The van der Waals surface area contributed by atoms with Crippen molar-refractivity contribution in [1.82, 2.24) is 19.9 Å². The minimum absolute atomic E-state index is 0.524. The topological polar surface area (TPSA) is 52.0 Å². The first-order chi connectivity index (χ1) is 11.4. The SMILES string of the molecule is c1cnc(-n2cnc3ccccc32)c(CNC2CCOCC2)c1. The van der Waals surface area contributed by atoms with Gasteiger partial charge >= 0.3 is 0 Å². The zero-order valence-corrected chi connectivity index (χ0v) is 13.0. The predicted octanol–water partition coefficient (Wildman–Crippen LogP) is 2.69. The van der Waals surface area contributed by atoms with Crippen molar-refractivity contribution >= 4 is 11.0 Å². The molecule has 3 aromatic rings. The number of pyridine rings is 1. The smallest absolute Gasteiger partial charge is 0.142 e. The van der Waals surface area contributed by atoms with E-state index in [0.717, 1.165) is 49.5 Å². The Bertz CT molecular complexity index is 792. The number of fused-ring (bicyclic) bond motifs is 1. The van der Waals surface area contributed by atoms with E-state index in [1.54, 1.807) is 0 Å². The van der Waals surface area contributed by atoms with Crippen LogP contribution in [0, 0.1) is 0 Å². The second kappa shape index (κ2) is 6.48. The first-order valence-electron chi connectivity index (χ1n) is 8.09. The van der Waals surface area contributed by atoms with Gasteiger partial charge in [0.25, 0.3) is 0 Å². The van der Waals surface area contributed by atoms with Crippen LogP contribution in [-0.2, 0) is 11.3 Å². The van der Waals surface area contributed by atoms with Gasteiger partial charge in [0.1, 0.15) is 12.1 Å². The minimum Gasteiger partial charge on any atom is -0.381 e. The van der Waals surface area contributed by atoms with Crippen molar-refractivity contribution < 1.29 is 4.74 Å². The van der Waals surface area contributed by atoms with Gasteiger partial charge in [-0.15, -0.1) is 0 Å². The molecule has 1 saturated heterocycles. The molecule has 0 aliphatic carbocycles. The molecule has 0 saturated carbocycles. The van der Waals surface area contributed by atoms with Crippen LogP contribution in [0.5, 0.6) is 0 Å². The molecule has 0 spiro atoms. The molecule has 2 aromatic heterocycles. The molecule has 118 valence electrons. The van der Waals surface area contributed by atoms with Crippen molar-refractivity contribution in [3.05, 3.63) is 54.5 Å². The number of nitrogens with one attached hydrogen (secondary N) is 1. The van der Waals surface area contributed by atoms with Gasteiger partial charge in [-0.1, -0.05) is 18.2 Å². The first-order valence-corrected chi connectivity index (χ1v) is 8.09. The van der Waals surface area contributed by atoms with Gasteiger partial charge in [0, 0.05) is 37.6 Å². The zero-order valence-electron chi connectivity index (χ0n) is 13.0. The summed E-state index contributed by atoms with van der Waals surface area (Å²) in [6.07, 6.45) is 5.83. The lowest BCUT2D eigenvalue weighted by atomic mass is 10.1. The maximum absolute atomic E-state index is 5.42. The van der Waals surface area contributed by atoms with Crippen molar-refractivity contribution in [2.45, 2.75) is 25.4 Å². The van der Waals surface area contributed by atoms with Crippen molar-refractivity contribution in [3.8, 4) is 5.82 Å². The van der Waals surface area contributed by atoms with Crippen LogP contribution < -0.4 is 5.32 Å². The molecule has 1 aliphatic heterocycles. The number of para-hydroxylation sites is 2. The molecule has 5 nitrogen and oxygen atoms in total. The average Bonchev–Trinajstić information content (AvgIpc) is 3.05. The maximum Gasteiger partial charge on any atom is 0.142 e. The molecule has 0 radical (unpaired) electrons. The lowest BCUT2D eigenvalue weighted by molar-refractivity contribution is 0.0776. The van der Waals surface area contributed by atoms with Crippen LogP contribution in [0.1, 0.15) is 18.4 Å². The van der Waals surface area contributed by atoms with Crippen LogP contribution in [0.25, 0.3) is 16.9 Å². The summed E-state index contributed by atoms with van der Waals surface area (Å²) in [7, 11) is 0. The second-order valence-corrected chi connectivity index (χ2v) is 5.86. The third kappa shape index (κ3) is 2.98. The third-order valence-electron chi connectivity index (χ3n) is 4.35. The van der Waals surface area contributed by atoms with E-state index in [4.69, 9.17) is 4.74 Å². The highest BCUT2D eigenvalue weighted by Crippen LogP contribution is 2.19. The molecule has 4 rings (SSSR count). The Balaban J connectivity index is 1.61. The van der Waals surface area contributed by atoms with Gasteiger partial charge in [-0.2, -0.15) is 0 Å². The van der Waals surface area contributed by atoms with Crippen molar-refractivity contribution in [2.75, 3.05) is 13.2 Å². The number of benzene rings is 1. The second-order valence-electron chi connectivity index (χ2n) is 5.86. The van der Waals surface area contributed by atoms with Crippen molar-refractivity contribution in [1.29, 1.82) is 0 Å². The van der Waals surface area contributed by atoms with E-state index in [1.165, 1.54) is 5.56 Å². The summed E-state index contributed by atoms with van der Waals surface area (Å²) >= 11 is 0. The Morgan fingerprint density at radius 3 is 2.87 bits per heavy atom. The van der Waals surface area contributed by atoms with E-state index in [0.29, 0.717) is 6.04 Å². The molecule has 0 unspecified atom stereocenters. The molecule has 1 aromatic carbocycles. The van der Waals surface area contributed by atoms with E-state index in [9.17, 15) is 0 Å². The van der Waals surface area contributed by atoms with Gasteiger partial charge < -0.3 is 10.1 Å². The Morgan fingerprint density at radius 1 is 1.09 bits per heavy atom. The Labute approximate surface area is 135 Å². The molecular weight excluding hydrogens is 288 g/mol. The molecular formula is C18H20N4O. The molecule has 1 aliphatic rings. The Morgan fingerprint density at radius 2 is 1.96 bits per heavy atom. The fourth-order valence-electron chi connectivity index (χ4n) is 3.07. The summed E-state index contributed by atoms with van der Waals surface area (Å²) in [4.78, 5) is 9.07. The average molecular weight is 308 g/mol. The summed E-state index contributed by atoms with van der Waals surface area (Å²) in [5.41, 5.74) is 3.25. The van der Waals surface area contributed by atoms with Crippen LogP contribution in [0.3, 0.4) is 0 Å². The zero-order chi connectivity index (χ0) is 15.5. The van der Waals surface area contributed by atoms with Gasteiger partial charge in [-0.3, -0.25) is 4.57 Å². The fraction of sp³-hybridized carbons (Fsp3) is 0.333. The van der Waals surface area contributed by atoms with Crippen LogP contribution in [-0.4, -0.2) is 33.8 Å². The Hall–Kier alpha value is -2.24. The quantitative estimate of drug-likeness (QED) is 0.805. The van der Waals surface area contributed by atoms with Gasteiger partial charge in [0.05, 0.1) is 11.0 Å². The highest BCUT2D eigenvalue weighted by atomic mass is 16.5. The van der Waals surface area contributed by atoms with Crippen LogP contribution >= 0.6 is 0 Å². The van der Waals surface area contributed by atoms with E-state index in [2.05, 4.69) is 32.0 Å². The predicted molar refractivity (Wildman–Crippen MR) is 89.5 cm³/mol. The van der Waals surface area contributed by atoms with Gasteiger partial charge in [0.2, 0.25) is 0 Å². The third-order valence-corrected chi connectivity index (χ3v) is 4.35. The summed E-state index contributed by atoms with van der Waals surface area (Å²) in [5.74, 6) is 0.945. The number of hydrogen-bond donors (Lipinski definition) is 1. The summed E-state index contributed by atoms with van der Waals surface area (Å²) in [5, 5.41) is 3.63. The monoisotopic (exact) mass is 308 g/mol. The number of aromatic nitrogens is 3. The van der Waals surface area contributed by atoms with Crippen LogP contribution in [0.15, 0.2) is 48.9 Å². The number of nitrogens with zero attached hydrogens (tertiary/aromatic N) is 3. The largest absolute Gasteiger partial charge is 0.381 e. The highest BCUT2D eigenvalue weighted by molar-refractivity contribution is 5.77. The lowest BCUT2D eigenvalue weighted by Crippen LogP contribution is -2.34. The first kappa shape index (κ1) is 14.4. The molecule has 23 heavy (non-hydrogen) atoms. The fourth-order valence-corrected chi connectivity index (χ4v) is 3.07. The van der Waals surface area contributed by atoms with E-state index in [-0.39, 0.29) is 0 Å². The standard InChI is InChI=1S/C18H20N4O/c1-2-6-17-16(5-1)21-13-22(17)18-14(4-3-9-19-18)12-20-15-7-10-23-11-8-15/h1-6,9,13,15,20H,7-8,10-12H2. The van der Waals surface area contributed by atoms with Crippen LogP contribution in [0.2, 0.25) is 0 Å². The minimum atomic E-state index is 0.524. The van der Waals surface area contributed by atoms with Crippen molar-refractivity contribution in [2.24, 2.45) is 0 Å². The maximum atomic E-state index is 5.42. The Kier molecular flexibility index (Phi) is 4.05. The molecule has 1 N–H and O–H groups in total. The summed E-state index contributed by atoms with van der Waals surface area (Å²) in [6, 6.07) is 12.8. The molecule has 0 atom stereocenters. The molecule has 3 heterocycles. The molecule has 5 heteroatoms. The molecule has 0 bridgehead atoms. The summed E-state index contributed by atoms with van der Waals surface area (Å²) in [6.45, 7) is 2.51. The van der Waals surface area contributed by atoms with E-state index < -0.39 is 0 Å². The number of rotatable bonds is 4. The van der Waals surface area contributed by atoms with E-state index in [1.807, 2.05) is 36.8 Å².